The molecule has 2 aliphatic rings. The van der Waals surface area contributed by atoms with Gasteiger partial charge in [-0.25, -0.2) is 0 Å². The van der Waals surface area contributed by atoms with Crippen molar-refractivity contribution < 1.29 is 13.6 Å². The van der Waals surface area contributed by atoms with Gasteiger partial charge in [-0.05, 0) is 42.8 Å². The van der Waals surface area contributed by atoms with Crippen LogP contribution in [0.2, 0.25) is 0 Å². The molecule has 5 heteroatoms. The van der Waals surface area contributed by atoms with Gasteiger partial charge in [0.1, 0.15) is 17.6 Å². The van der Waals surface area contributed by atoms with Crippen molar-refractivity contribution in [1.29, 1.82) is 0 Å². The summed E-state index contributed by atoms with van der Waals surface area (Å²) >= 11 is 0. The summed E-state index contributed by atoms with van der Waals surface area (Å²) in [7, 11) is 0. The number of Topliss-reactive ketones (excluding diaryl/α,β-unsaturated/α-hetero) is 1. The molecule has 130 valence electrons. The highest BCUT2D eigenvalue weighted by molar-refractivity contribution is 6.01. The average Bonchev–Trinajstić information content (AvgIpc) is 3.33. The number of rotatable bonds is 2. The molecule has 0 radical (unpaired) electrons. The molecule has 0 spiro atoms. The number of furan rings is 2. The predicted molar refractivity (Wildman–Crippen MR) is 97.9 cm³/mol. The molecule has 0 saturated heterocycles. The zero-order valence-corrected chi connectivity index (χ0v) is 14.1. The second-order valence-corrected chi connectivity index (χ2v) is 6.70. The zero-order chi connectivity index (χ0) is 17.5. The van der Waals surface area contributed by atoms with Gasteiger partial charge in [-0.3, -0.25) is 4.79 Å². The van der Waals surface area contributed by atoms with Crippen LogP contribution >= 0.6 is 0 Å². The molecule has 1 aliphatic heterocycles. The van der Waals surface area contributed by atoms with E-state index in [1.54, 1.807) is 12.5 Å². The van der Waals surface area contributed by atoms with Gasteiger partial charge >= 0.3 is 0 Å². The number of ketones is 1. The fourth-order valence-electron chi connectivity index (χ4n) is 3.89. The largest absolute Gasteiger partial charge is 0.469 e. The summed E-state index contributed by atoms with van der Waals surface area (Å²) in [5.41, 5.74) is 3.59. The van der Waals surface area contributed by atoms with Crippen LogP contribution in [0.4, 0.5) is 11.4 Å². The van der Waals surface area contributed by atoms with Crippen molar-refractivity contribution >= 4 is 17.2 Å². The first-order chi connectivity index (χ1) is 12.8. The quantitative estimate of drug-likeness (QED) is 0.694. The van der Waals surface area contributed by atoms with E-state index in [2.05, 4.69) is 10.6 Å². The number of carbonyl (C=O) groups excluding carboxylic acids is 1. The van der Waals surface area contributed by atoms with Crippen molar-refractivity contribution in [2.45, 2.75) is 24.8 Å². The van der Waals surface area contributed by atoms with Crippen LogP contribution in [0, 0.1) is 0 Å². The normalized spacial score (nSPS) is 22.1. The highest BCUT2D eigenvalue weighted by atomic mass is 16.3. The highest BCUT2D eigenvalue weighted by Crippen LogP contribution is 2.44. The lowest BCUT2D eigenvalue weighted by Gasteiger charge is -2.27. The minimum Gasteiger partial charge on any atom is -0.469 e. The Hall–Kier alpha value is -3.21. The number of hydrogen-bond acceptors (Lipinski definition) is 5. The molecule has 0 fully saturated rings. The van der Waals surface area contributed by atoms with Crippen LogP contribution < -0.4 is 10.6 Å². The topological polar surface area (TPSA) is 67.4 Å². The summed E-state index contributed by atoms with van der Waals surface area (Å²) < 4.78 is 11.2. The van der Waals surface area contributed by atoms with E-state index >= 15 is 0 Å². The number of carbonyl (C=O) groups is 1. The Balaban J connectivity index is 1.62. The molecule has 0 bridgehead atoms. The average molecular weight is 346 g/mol. The van der Waals surface area contributed by atoms with E-state index in [-0.39, 0.29) is 17.7 Å². The van der Waals surface area contributed by atoms with E-state index < -0.39 is 0 Å². The van der Waals surface area contributed by atoms with Crippen molar-refractivity contribution in [3.05, 3.63) is 83.8 Å². The van der Waals surface area contributed by atoms with Crippen molar-refractivity contribution in [1.82, 2.24) is 0 Å². The minimum absolute atomic E-state index is 0.0475. The first-order valence-electron chi connectivity index (χ1n) is 8.75. The lowest BCUT2D eigenvalue weighted by atomic mass is 9.81. The van der Waals surface area contributed by atoms with Crippen LogP contribution in [0.1, 0.15) is 36.3 Å². The Kier molecular flexibility index (Phi) is 3.45. The lowest BCUT2D eigenvalue weighted by molar-refractivity contribution is -0.116. The molecule has 2 atom stereocenters. The van der Waals surface area contributed by atoms with Crippen molar-refractivity contribution in [2.24, 2.45) is 0 Å². The lowest BCUT2D eigenvalue weighted by Crippen LogP contribution is -2.26. The van der Waals surface area contributed by atoms with Crippen molar-refractivity contribution in [2.75, 3.05) is 10.6 Å². The van der Waals surface area contributed by atoms with Gasteiger partial charge < -0.3 is 19.5 Å². The first-order valence-corrected chi connectivity index (χ1v) is 8.75. The predicted octanol–water partition coefficient (Wildman–Crippen LogP) is 4.85. The second kappa shape index (κ2) is 5.95. The third-order valence-corrected chi connectivity index (χ3v) is 5.08. The number of allylic oxidation sites excluding steroid dienone is 1. The number of hydrogen-bond donors (Lipinski definition) is 2. The summed E-state index contributed by atoms with van der Waals surface area (Å²) in [4.78, 5) is 13.1. The SMILES string of the molecule is O=C1C[C@H](c2ccco2)CC2=C1[C@@H](c1ccco1)Nc1ccccc1N2. The maximum Gasteiger partial charge on any atom is 0.163 e. The van der Waals surface area contributed by atoms with E-state index in [4.69, 9.17) is 8.83 Å². The molecule has 3 heterocycles. The zero-order valence-electron chi connectivity index (χ0n) is 14.1. The highest BCUT2D eigenvalue weighted by Gasteiger charge is 2.37. The molecule has 1 aromatic carbocycles. The molecule has 3 aromatic rings. The summed E-state index contributed by atoms with van der Waals surface area (Å²) in [6.07, 6.45) is 4.46. The fraction of sp³-hybridized carbons (Fsp3) is 0.190. The molecule has 5 nitrogen and oxygen atoms in total. The van der Waals surface area contributed by atoms with E-state index in [0.29, 0.717) is 6.42 Å². The third kappa shape index (κ3) is 2.44. The molecule has 0 amide bonds. The standard InChI is InChI=1S/C21H18N2O3/c24-17-12-13(18-7-3-9-25-18)11-16-20(17)21(19-8-4-10-26-19)23-15-6-2-1-5-14(15)22-16/h1-10,13,21-23H,11-12H2/t13-,21-/m1/s1. The smallest absolute Gasteiger partial charge is 0.163 e. The first kappa shape index (κ1) is 15.1. The van der Waals surface area contributed by atoms with Crippen LogP contribution in [0.5, 0.6) is 0 Å². The second-order valence-electron chi connectivity index (χ2n) is 6.70. The van der Waals surface area contributed by atoms with Gasteiger partial charge in [-0.1, -0.05) is 12.1 Å². The fourth-order valence-corrected chi connectivity index (χ4v) is 3.89. The molecule has 1 aliphatic carbocycles. The molecule has 2 aromatic heterocycles. The monoisotopic (exact) mass is 346 g/mol. The molecule has 5 rings (SSSR count). The van der Waals surface area contributed by atoms with Crippen LogP contribution in [-0.4, -0.2) is 5.78 Å². The molecule has 0 saturated carbocycles. The van der Waals surface area contributed by atoms with E-state index in [1.807, 2.05) is 48.5 Å². The van der Waals surface area contributed by atoms with Crippen molar-refractivity contribution in [3.8, 4) is 0 Å². The van der Waals surface area contributed by atoms with Gasteiger partial charge in [-0.2, -0.15) is 0 Å². The van der Waals surface area contributed by atoms with Crippen molar-refractivity contribution in [3.63, 3.8) is 0 Å². The maximum atomic E-state index is 13.1. The molecular weight excluding hydrogens is 328 g/mol. The van der Waals surface area contributed by atoms with Gasteiger partial charge in [-0.15, -0.1) is 0 Å². The Labute approximate surface area is 150 Å². The van der Waals surface area contributed by atoms with Gasteiger partial charge in [0.2, 0.25) is 0 Å². The molecular formula is C21H18N2O3. The number of nitrogens with one attached hydrogen (secondary N) is 2. The van der Waals surface area contributed by atoms with Gasteiger partial charge in [0.25, 0.3) is 0 Å². The maximum absolute atomic E-state index is 13.1. The molecule has 26 heavy (non-hydrogen) atoms. The van der Waals surface area contributed by atoms with Crippen LogP contribution in [0.25, 0.3) is 0 Å². The number of para-hydroxylation sites is 2. The van der Waals surface area contributed by atoms with Crippen LogP contribution in [-0.2, 0) is 4.79 Å². The van der Waals surface area contributed by atoms with E-state index in [9.17, 15) is 4.79 Å². The minimum atomic E-state index is -0.304. The van der Waals surface area contributed by atoms with Gasteiger partial charge in [0.15, 0.2) is 5.78 Å². The van der Waals surface area contributed by atoms with Crippen LogP contribution in [0.3, 0.4) is 0 Å². The number of fused-ring (bicyclic) bond motifs is 1. The van der Waals surface area contributed by atoms with E-state index in [1.165, 1.54) is 0 Å². The van der Waals surface area contributed by atoms with Crippen LogP contribution in [0.15, 0.2) is 81.2 Å². The Morgan fingerprint density at radius 1 is 0.846 bits per heavy atom. The summed E-state index contributed by atoms with van der Waals surface area (Å²) in [6.45, 7) is 0. The number of anilines is 2. The third-order valence-electron chi connectivity index (χ3n) is 5.08. The molecule has 2 N–H and O–H groups in total. The number of benzene rings is 1. The Bertz CT molecular complexity index is 971. The summed E-state index contributed by atoms with van der Waals surface area (Å²) in [5, 5.41) is 6.97. The Morgan fingerprint density at radius 2 is 1.58 bits per heavy atom. The van der Waals surface area contributed by atoms with Gasteiger partial charge in [0.05, 0.1) is 23.9 Å². The van der Waals surface area contributed by atoms with E-state index in [0.717, 1.165) is 40.6 Å². The Morgan fingerprint density at radius 3 is 2.31 bits per heavy atom. The summed E-state index contributed by atoms with van der Waals surface area (Å²) in [6, 6.07) is 15.2. The summed E-state index contributed by atoms with van der Waals surface area (Å²) in [5.74, 6) is 1.75. The molecule has 0 unspecified atom stereocenters. The van der Waals surface area contributed by atoms with Gasteiger partial charge in [0, 0.05) is 23.6 Å².